The summed E-state index contributed by atoms with van der Waals surface area (Å²) in [6.07, 6.45) is 0. The number of anilines is 1. The van der Waals surface area contributed by atoms with Crippen molar-refractivity contribution >= 4 is 5.82 Å². The fourth-order valence-corrected chi connectivity index (χ4v) is 1.75. The highest BCUT2D eigenvalue weighted by Crippen LogP contribution is 2.25. The molecule has 1 aliphatic heterocycles. The molecule has 0 spiro atoms. The number of morpholine rings is 1. The van der Waals surface area contributed by atoms with Gasteiger partial charge < -0.3 is 14.5 Å². The number of tetrazole rings is 1. The van der Waals surface area contributed by atoms with Crippen molar-refractivity contribution < 1.29 is 14.2 Å². The van der Waals surface area contributed by atoms with Crippen LogP contribution in [0.25, 0.3) is 11.5 Å². The summed E-state index contributed by atoms with van der Waals surface area (Å²) in [5, 5.41) is 18.7. The van der Waals surface area contributed by atoms with Crippen LogP contribution in [0.4, 0.5) is 5.82 Å². The van der Waals surface area contributed by atoms with Gasteiger partial charge in [-0.3, -0.25) is 0 Å². The van der Waals surface area contributed by atoms with Gasteiger partial charge in [-0.25, -0.2) is 4.63 Å². The van der Waals surface area contributed by atoms with Crippen molar-refractivity contribution in [1.82, 2.24) is 30.7 Å². The third-order valence-corrected chi connectivity index (χ3v) is 2.61. The summed E-state index contributed by atoms with van der Waals surface area (Å²) < 4.78 is 10.1. The summed E-state index contributed by atoms with van der Waals surface area (Å²) in [5.41, 5.74) is 0.448. The second kappa shape index (κ2) is 4.56. The SMILES string of the molecule is COn1nnnc1-c1nonc1N1CCOCC1. The average molecular weight is 253 g/mol. The fraction of sp³-hybridized carbons (Fsp3) is 0.625. The maximum Gasteiger partial charge on any atom is 0.248 e. The minimum atomic E-state index is 0.347. The van der Waals surface area contributed by atoms with E-state index in [1.807, 2.05) is 4.90 Å². The molecule has 10 nitrogen and oxygen atoms in total. The van der Waals surface area contributed by atoms with Crippen molar-refractivity contribution in [2.24, 2.45) is 0 Å². The minimum absolute atomic E-state index is 0.347. The minimum Gasteiger partial charge on any atom is -0.397 e. The molecule has 0 N–H and O–H groups in total. The first kappa shape index (κ1) is 10.9. The zero-order valence-corrected chi connectivity index (χ0v) is 9.68. The predicted octanol–water partition coefficient (Wildman–Crippen LogP) is -1.38. The molecule has 0 aliphatic carbocycles. The van der Waals surface area contributed by atoms with Gasteiger partial charge in [0.25, 0.3) is 0 Å². The van der Waals surface area contributed by atoms with Crippen molar-refractivity contribution in [3.8, 4) is 11.5 Å². The summed E-state index contributed by atoms with van der Waals surface area (Å²) >= 11 is 0. The molecule has 0 amide bonds. The lowest BCUT2D eigenvalue weighted by Gasteiger charge is -2.26. The highest BCUT2D eigenvalue weighted by Gasteiger charge is 2.25. The maximum absolute atomic E-state index is 5.28. The van der Waals surface area contributed by atoms with Crippen LogP contribution in [0.2, 0.25) is 0 Å². The van der Waals surface area contributed by atoms with Crippen LogP contribution in [0, 0.1) is 0 Å². The van der Waals surface area contributed by atoms with Crippen LogP contribution in [0.15, 0.2) is 4.63 Å². The monoisotopic (exact) mass is 253 g/mol. The van der Waals surface area contributed by atoms with Crippen LogP contribution < -0.4 is 9.74 Å². The molecule has 96 valence electrons. The fourth-order valence-electron chi connectivity index (χ4n) is 1.75. The summed E-state index contributed by atoms with van der Waals surface area (Å²) in [7, 11) is 1.46. The first-order valence-corrected chi connectivity index (χ1v) is 5.38. The summed E-state index contributed by atoms with van der Waals surface area (Å²) in [4.78, 5) is 8.14. The molecule has 0 atom stereocenters. The molecule has 3 heterocycles. The van der Waals surface area contributed by atoms with Gasteiger partial charge in [-0.2, -0.15) is 0 Å². The molecule has 0 saturated carbocycles. The Labute approximate surface area is 101 Å². The Kier molecular flexibility index (Phi) is 2.76. The Hall–Kier alpha value is -2.23. The topological polar surface area (TPSA) is 104 Å². The van der Waals surface area contributed by atoms with Gasteiger partial charge in [0.05, 0.1) is 13.2 Å². The first-order chi connectivity index (χ1) is 8.90. The second-order valence-corrected chi connectivity index (χ2v) is 3.59. The third kappa shape index (κ3) is 1.76. The van der Waals surface area contributed by atoms with Gasteiger partial charge in [-0.1, -0.05) is 4.85 Å². The van der Waals surface area contributed by atoms with E-state index in [1.54, 1.807) is 0 Å². The van der Waals surface area contributed by atoms with Gasteiger partial charge in [0.2, 0.25) is 17.3 Å². The molecule has 0 aromatic carbocycles. The Balaban J connectivity index is 1.95. The summed E-state index contributed by atoms with van der Waals surface area (Å²) in [6, 6.07) is 0. The smallest absolute Gasteiger partial charge is 0.248 e. The zero-order valence-electron chi connectivity index (χ0n) is 9.68. The molecule has 0 bridgehead atoms. The molecule has 10 heteroatoms. The Bertz CT molecular complexity index is 518. The third-order valence-electron chi connectivity index (χ3n) is 2.61. The van der Waals surface area contributed by atoms with Gasteiger partial charge in [0, 0.05) is 13.1 Å². The summed E-state index contributed by atoms with van der Waals surface area (Å²) in [6.45, 7) is 2.72. The van der Waals surface area contributed by atoms with Crippen molar-refractivity contribution in [1.29, 1.82) is 0 Å². The van der Waals surface area contributed by atoms with E-state index in [0.29, 0.717) is 30.5 Å². The normalized spacial score (nSPS) is 15.9. The quantitative estimate of drug-likeness (QED) is 0.654. The molecular formula is C8H11N7O3. The van der Waals surface area contributed by atoms with Gasteiger partial charge >= 0.3 is 0 Å². The van der Waals surface area contributed by atoms with E-state index in [4.69, 9.17) is 14.2 Å². The number of rotatable bonds is 3. The van der Waals surface area contributed by atoms with Crippen molar-refractivity contribution in [3.63, 3.8) is 0 Å². The van der Waals surface area contributed by atoms with Crippen LogP contribution >= 0.6 is 0 Å². The molecule has 18 heavy (non-hydrogen) atoms. The number of ether oxygens (including phenoxy) is 1. The first-order valence-electron chi connectivity index (χ1n) is 5.38. The molecule has 1 aliphatic rings. The van der Waals surface area contributed by atoms with Crippen molar-refractivity contribution in [3.05, 3.63) is 0 Å². The van der Waals surface area contributed by atoms with E-state index in [2.05, 4.69) is 25.8 Å². The van der Waals surface area contributed by atoms with Gasteiger partial charge in [0.1, 0.15) is 7.11 Å². The van der Waals surface area contributed by atoms with E-state index in [1.165, 1.54) is 7.11 Å². The standard InChI is InChI=1S/C8H11N7O3/c1-16-15-7(9-12-13-15)6-8(11-18-10-6)14-2-4-17-5-3-14/h2-5H2,1H3. The van der Waals surface area contributed by atoms with Gasteiger partial charge in [0.15, 0.2) is 0 Å². The molecule has 0 unspecified atom stereocenters. The molecule has 1 fully saturated rings. The largest absolute Gasteiger partial charge is 0.397 e. The lowest BCUT2D eigenvalue weighted by atomic mass is 10.3. The highest BCUT2D eigenvalue weighted by molar-refractivity contribution is 5.65. The van der Waals surface area contributed by atoms with E-state index in [0.717, 1.165) is 17.9 Å². The van der Waals surface area contributed by atoms with E-state index in [-0.39, 0.29) is 0 Å². The molecule has 3 rings (SSSR count). The summed E-state index contributed by atoms with van der Waals surface area (Å²) in [5.74, 6) is 0.937. The maximum atomic E-state index is 5.28. The predicted molar refractivity (Wildman–Crippen MR) is 56.6 cm³/mol. The van der Waals surface area contributed by atoms with Crippen LogP contribution in [-0.2, 0) is 4.74 Å². The van der Waals surface area contributed by atoms with Crippen molar-refractivity contribution in [2.75, 3.05) is 38.3 Å². The number of hydrogen-bond acceptors (Lipinski definition) is 9. The average Bonchev–Trinajstić information content (AvgIpc) is 3.07. The second-order valence-electron chi connectivity index (χ2n) is 3.59. The van der Waals surface area contributed by atoms with E-state index < -0.39 is 0 Å². The molecule has 1 saturated heterocycles. The Morgan fingerprint density at radius 1 is 1.22 bits per heavy atom. The number of hydrogen-bond donors (Lipinski definition) is 0. The Morgan fingerprint density at radius 2 is 2.06 bits per heavy atom. The van der Waals surface area contributed by atoms with Gasteiger partial charge in [-0.15, -0.1) is 5.10 Å². The van der Waals surface area contributed by atoms with E-state index >= 15 is 0 Å². The molecular weight excluding hydrogens is 242 g/mol. The van der Waals surface area contributed by atoms with Crippen LogP contribution in [-0.4, -0.2) is 64.1 Å². The van der Waals surface area contributed by atoms with Crippen molar-refractivity contribution in [2.45, 2.75) is 0 Å². The zero-order chi connectivity index (χ0) is 12.4. The Morgan fingerprint density at radius 3 is 2.83 bits per heavy atom. The molecule has 2 aromatic rings. The van der Waals surface area contributed by atoms with Gasteiger partial charge in [-0.05, 0) is 20.7 Å². The van der Waals surface area contributed by atoms with Crippen LogP contribution in [0.1, 0.15) is 0 Å². The molecule has 0 radical (unpaired) electrons. The highest BCUT2D eigenvalue weighted by atomic mass is 16.7. The lowest BCUT2D eigenvalue weighted by molar-refractivity contribution is 0.122. The number of nitrogens with zero attached hydrogens (tertiary/aromatic N) is 7. The molecule has 2 aromatic heterocycles. The number of aromatic nitrogens is 6. The van der Waals surface area contributed by atoms with Crippen LogP contribution in [0.3, 0.4) is 0 Å². The lowest BCUT2D eigenvalue weighted by Crippen LogP contribution is -2.36. The van der Waals surface area contributed by atoms with Crippen LogP contribution in [0.5, 0.6) is 0 Å². The van der Waals surface area contributed by atoms with E-state index in [9.17, 15) is 0 Å².